The van der Waals surface area contributed by atoms with Crippen molar-refractivity contribution < 1.29 is 4.79 Å². The molecule has 1 amide bonds. The first-order chi connectivity index (χ1) is 6.98. The molecular weight excluding hydrogens is 188 g/mol. The first kappa shape index (κ1) is 10.9. The first-order valence-corrected chi connectivity index (χ1v) is 5.98. The van der Waals surface area contributed by atoms with Crippen molar-refractivity contribution in [1.29, 1.82) is 0 Å². The van der Waals surface area contributed by atoms with Gasteiger partial charge in [0, 0.05) is 12.6 Å². The van der Waals surface area contributed by atoms with Crippen molar-refractivity contribution in [3.8, 4) is 0 Å². The van der Waals surface area contributed by atoms with Gasteiger partial charge in [-0.2, -0.15) is 0 Å². The molecule has 1 aliphatic carbocycles. The van der Waals surface area contributed by atoms with Gasteiger partial charge in [-0.3, -0.25) is 9.69 Å². The van der Waals surface area contributed by atoms with Crippen molar-refractivity contribution in [2.45, 2.75) is 51.6 Å². The molecular formula is C12H22N2O. The molecule has 1 atom stereocenters. The molecule has 1 aliphatic heterocycles. The van der Waals surface area contributed by atoms with Crippen molar-refractivity contribution in [1.82, 2.24) is 10.2 Å². The lowest BCUT2D eigenvalue weighted by molar-refractivity contribution is -0.126. The highest BCUT2D eigenvalue weighted by Crippen LogP contribution is 2.33. The van der Waals surface area contributed by atoms with Gasteiger partial charge in [0.05, 0.1) is 6.04 Å². The van der Waals surface area contributed by atoms with Crippen LogP contribution in [0, 0.1) is 5.41 Å². The Labute approximate surface area is 92.2 Å². The summed E-state index contributed by atoms with van der Waals surface area (Å²) in [6, 6.07) is 0.565. The van der Waals surface area contributed by atoms with E-state index in [1.165, 1.54) is 19.3 Å². The Balaban J connectivity index is 1.89. The third-order valence-electron chi connectivity index (χ3n) is 3.71. The molecule has 86 valence electrons. The van der Waals surface area contributed by atoms with E-state index in [2.05, 4.69) is 31.1 Å². The quantitative estimate of drug-likeness (QED) is 0.747. The topological polar surface area (TPSA) is 32.3 Å². The van der Waals surface area contributed by atoms with Crippen LogP contribution in [0.4, 0.5) is 0 Å². The summed E-state index contributed by atoms with van der Waals surface area (Å²) in [6.07, 6.45) is 4.61. The summed E-state index contributed by atoms with van der Waals surface area (Å²) in [6.45, 7) is 5.50. The van der Waals surface area contributed by atoms with Gasteiger partial charge in [0.25, 0.3) is 0 Å². The van der Waals surface area contributed by atoms with E-state index in [1.54, 1.807) is 0 Å². The predicted octanol–water partition coefficient (Wildman–Crippen LogP) is 1.39. The highest BCUT2D eigenvalue weighted by atomic mass is 16.2. The van der Waals surface area contributed by atoms with E-state index >= 15 is 0 Å². The smallest absolute Gasteiger partial charge is 0.237 e. The number of carbonyl (C=O) groups is 1. The monoisotopic (exact) mass is 210 g/mol. The van der Waals surface area contributed by atoms with E-state index in [0.717, 1.165) is 13.0 Å². The van der Waals surface area contributed by atoms with Crippen LogP contribution in [0.2, 0.25) is 0 Å². The Morgan fingerprint density at radius 2 is 2.07 bits per heavy atom. The molecule has 15 heavy (non-hydrogen) atoms. The SMILES string of the molecule is CN1CC(C)(C)CC1C(=O)NC1CCC1. The predicted molar refractivity (Wildman–Crippen MR) is 60.6 cm³/mol. The summed E-state index contributed by atoms with van der Waals surface area (Å²) in [7, 11) is 2.06. The third-order valence-corrected chi connectivity index (χ3v) is 3.71. The van der Waals surface area contributed by atoms with Crippen molar-refractivity contribution in [2.75, 3.05) is 13.6 Å². The third kappa shape index (κ3) is 2.33. The van der Waals surface area contributed by atoms with Crippen LogP contribution in [0.15, 0.2) is 0 Å². The van der Waals surface area contributed by atoms with E-state index in [4.69, 9.17) is 0 Å². The molecule has 1 heterocycles. The van der Waals surface area contributed by atoms with Gasteiger partial charge in [-0.1, -0.05) is 13.8 Å². The van der Waals surface area contributed by atoms with Gasteiger partial charge in [-0.15, -0.1) is 0 Å². The summed E-state index contributed by atoms with van der Waals surface area (Å²) in [5, 5.41) is 3.15. The maximum Gasteiger partial charge on any atom is 0.237 e. The average molecular weight is 210 g/mol. The Morgan fingerprint density at radius 3 is 2.47 bits per heavy atom. The fourth-order valence-corrected chi connectivity index (χ4v) is 2.67. The van der Waals surface area contributed by atoms with Gasteiger partial charge in [0.2, 0.25) is 5.91 Å². The van der Waals surface area contributed by atoms with Crippen molar-refractivity contribution >= 4 is 5.91 Å². The molecule has 1 saturated carbocycles. The molecule has 2 aliphatic rings. The van der Waals surface area contributed by atoms with E-state index in [-0.39, 0.29) is 17.4 Å². The molecule has 3 heteroatoms. The van der Waals surface area contributed by atoms with Crippen LogP contribution in [-0.4, -0.2) is 36.5 Å². The molecule has 2 fully saturated rings. The normalized spacial score (nSPS) is 31.3. The van der Waals surface area contributed by atoms with Gasteiger partial charge in [0.15, 0.2) is 0 Å². The number of hydrogen-bond donors (Lipinski definition) is 1. The minimum atomic E-state index is 0.0978. The maximum absolute atomic E-state index is 12.0. The zero-order chi connectivity index (χ0) is 11.1. The second-order valence-electron chi connectivity index (χ2n) is 5.94. The number of nitrogens with one attached hydrogen (secondary N) is 1. The summed E-state index contributed by atoms with van der Waals surface area (Å²) in [4.78, 5) is 14.2. The van der Waals surface area contributed by atoms with Gasteiger partial charge >= 0.3 is 0 Å². The Hall–Kier alpha value is -0.570. The second kappa shape index (κ2) is 3.78. The largest absolute Gasteiger partial charge is 0.352 e. The average Bonchev–Trinajstić information content (AvgIpc) is 2.32. The summed E-state index contributed by atoms with van der Waals surface area (Å²) < 4.78 is 0. The van der Waals surface area contributed by atoms with Crippen LogP contribution in [0.3, 0.4) is 0 Å². The van der Waals surface area contributed by atoms with Gasteiger partial charge < -0.3 is 5.32 Å². The highest BCUT2D eigenvalue weighted by Gasteiger charge is 2.39. The van der Waals surface area contributed by atoms with Crippen LogP contribution < -0.4 is 5.32 Å². The van der Waals surface area contributed by atoms with Crippen LogP contribution in [0.25, 0.3) is 0 Å². The molecule has 2 rings (SSSR count). The Bertz CT molecular complexity index is 258. The molecule has 0 spiro atoms. The number of carbonyl (C=O) groups excluding carboxylic acids is 1. The van der Waals surface area contributed by atoms with E-state index < -0.39 is 0 Å². The minimum absolute atomic E-state index is 0.0978. The highest BCUT2D eigenvalue weighted by molar-refractivity contribution is 5.82. The second-order valence-corrected chi connectivity index (χ2v) is 5.94. The van der Waals surface area contributed by atoms with Crippen LogP contribution >= 0.6 is 0 Å². The summed E-state index contributed by atoms with van der Waals surface area (Å²) in [5.41, 5.74) is 0.288. The molecule has 1 unspecified atom stereocenters. The van der Waals surface area contributed by atoms with Crippen molar-refractivity contribution in [3.05, 3.63) is 0 Å². The maximum atomic E-state index is 12.0. The number of nitrogens with zero attached hydrogens (tertiary/aromatic N) is 1. The lowest BCUT2D eigenvalue weighted by Crippen LogP contribution is -2.47. The Kier molecular flexibility index (Phi) is 2.75. The number of likely N-dealkylation sites (tertiary alicyclic amines) is 1. The van der Waals surface area contributed by atoms with Crippen LogP contribution in [-0.2, 0) is 4.79 Å². The van der Waals surface area contributed by atoms with Crippen molar-refractivity contribution in [3.63, 3.8) is 0 Å². The summed E-state index contributed by atoms with van der Waals surface area (Å²) in [5.74, 6) is 0.243. The lowest BCUT2D eigenvalue weighted by atomic mass is 9.89. The van der Waals surface area contributed by atoms with E-state index in [9.17, 15) is 4.79 Å². The molecule has 0 bridgehead atoms. The molecule has 1 saturated heterocycles. The Morgan fingerprint density at radius 1 is 1.40 bits per heavy atom. The number of rotatable bonds is 2. The number of amides is 1. The lowest BCUT2D eigenvalue weighted by Gasteiger charge is -2.29. The standard InChI is InChI=1S/C12H22N2O/c1-12(2)7-10(14(3)8-12)11(15)13-9-5-4-6-9/h9-10H,4-8H2,1-3H3,(H,13,15). The zero-order valence-corrected chi connectivity index (χ0v) is 10.0. The molecule has 1 N–H and O–H groups in total. The number of hydrogen-bond acceptors (Lipinski definition) is 2. The molecule has 3 nitrogen and oxygen atoms in total. The fraction of sp³-hybridized carbons (Fsp3) is 0.917. The zero-order valence-electron chi connectivity index (χ0n) is 10.0. The van der Waals surface area contributed by atoms with Crippen LogP contribution in [0.5, 0.6) is 0 Å². The molecule has 0 aromatic carbocycles. The first-order valence-electron chi connectivity index (χ1n) is 5.98. The number of likely N-dealkylation sites (N-methyl/N-ethyl adjacent to an activating group) is 1. The molecule has 0 aromatic heterocycles. The molecule has 0 aromatic rings. The minimum Gasteiger partial charge on any atom is -0.352 e. The van der Waals surface area contributed by atoms with Gasteiger partial charge in [-0.25, -0.2) is 0 Å². The van der Waals surface area contributed by atoms with E-state index in [1.807, 2.05) is 0 Å². The van der Waals surface area contributed by atoms with Crippen molar-refractivity contribution in [2.24, 2.45) is 5.41 Å². The molecule has 0 radical (unpaired) electrons. The van der Waals surface area contributed by atoms with Crippen LogP contribution in [0.1, 0.15) is 39.5 Å². The summed E-state index contributed by atoms with van der Waals surface area (Å²) >= 11 is 0. The van der Waals surface area contributed by atoms with Gasteiger partial charge in [-0.05, 0) is 38.1 Å². The fourth-order valence-electron chi connectivity index (χ4n) is 2.67. The van der Waals surface area contributed by atoms with Gasteiger partial charge in [0.1, 0.15) is 0 Å². The van der Waals surface area contributed by atoms with E-state index in [0.29, 0.717) is 6.04 Å².